The van der Waals surface area contributed by atoms with Crippen molar-refractivity contribution < 1.29 is 28.7 Å². The standard InChI is InChI=1S/C18H29BO6/c1-17(2,20)18(3,4)25-19-13-6-7-15(16(10-13)21-5)24-12-14-11-22-8-9-23-14/h6-7,10,14,19-20H,8-9,11-12H2,1-5H3/t14-/m1/s1. The highest BCUT2D eigenvalue weighted by Gasteiger charge is 2.35. The van der Waals surface area contributed by atoms with Gasteiger partial charge in [-0.05, 0) is 45.3 Å². The second-order valence-electron chi connectivity index (χ2n) is 7.22. The number of benzene rings is 1. The lowest BCUT2D eigenvalue weighted by molar-refractivity contribution is -0.101. The van der Waals surface area contributed by atoms with E-state index in [1.165, 1.54) is 0 Å². The Morgan fingerprint density at radius 1 is 1.20 bits per heavy atom. The fourth-order valence-corrected chi connectivity index (χ4v) is 2.18. The normalized spacial score (nSPS) is 18.7. The summed E-state index contributed by atoms with van der Waals surface area (Å²) in [6, 6.07) is 5.67. The van der Waals surface area contributed by atoms with Crippen molar-refractivity contribution in [3.05, 3.63) is 18.2 Å². The minimum atomic E-state index is -0.942. The van der Waals surface area contributed by atoms with E-state index in [0.29, 0.717) is 45.4 Å². The zero-order valence-corrected chi connectivity index (χ0v) is 15.8. The molecule has 25 heavy (non-hydrogen) atoms. The molecule has 2 rings (SSSR count). The van der Waals surface area contributed by atoms with Gasteiger partial charge in [0, 0.05) is 0 Å². The van der Waals surface area contributed by atoms with Gasteiger partial charge >= 0.3 is 7.48 Å². The van der Waals surface area contributed by atoms with Crippen molar-refractivity contribution in [1.82, 2.24) is 0 Å². The Morgan fingerprint density at radius 3 is 2.56 bits per heavy atom. The van der Waals surface area contributed by atoms with Crippen LogP contribution in [-0.2, 0) is 14.1 Å². The topological polar surface area (TPSA) is 66.4 Å². The highest BCUT2D eigenvalue weighted by Crippen LogP contribution is 2.27. The van der Waals surface area contributed by atoms with Gasteiger partial charge in [-0.2, -0.15) is 0 Å². The Kier molecular flexibility index (Phi) is 6.74. The molecular formula is C18H29BO6. The van der Waals surface area contributed by atoms with Gasteiger partial charge in [-0.25, -0.2) is 0 Å². The van der Waals surface area contributed by atoms with E-state index < -0.39 is 11.2 Å². The molecule has 6 nitrogen and oxygen atoms in total. The van der Waals surface area contributed by atoms with Gasteiger partial charge in [-0.15, -0.1) is 0 Å². The molecule has 1 aromatic carbocycles. The largest absolute Gasteiger partial charge is 0.493 e. The van der Waals surface area contributed by atoms with E-state index in [-0.39, 0.29) is 6.10 Å². The van der Waals surface area contributed by atoms with E-state index in [2.05, 4.69) is 0 Å². The SMILES string of the molecule is COc1cc(BOC(C)(C)C(C)(C)O)ccc1OC[C@H]1COCCO1. The molecule has 1 saturated heterocycles. The minimum Gasteiger partial charge on any atom is -0.493 e. The van der Waals surface area contributed by atoms with Gasteiger partial charge in [0.25, 0.3) is 0 Å². The Bertz CT molecular complexity index is 549. The van der Waals surface area contributed by atoms with Crippen LogP contribution in [0.5, 0.6) is 11.5 Å². The Labute approximate surface area is 150 Å². The molecule has 0 aromatic heterocycles. The second kappa shape index (κ2) is 8.40. The first-order valence-electron chi connectivity index (χ1n) is 8.58. The van der Waals surface area contributed by atoms with Gasteiger partial charge in [-0.3, -0.25) is 0 Å². The molecule has 140 valence electrons. The molecule has 0 saturated carbocycles. The molecular weight excluding hydrogens is 323 g/mol. The molecule has 1 fully saturated rings. The van der Waals surface area contributed by atoms with Crippen LogP contribution in [-0.4, -0.2) is 63.4 Å². The third-order valence-corrected chi connectivity index (χ3v) is 4.61. The Hall–Kier alpha value is -1.28. The highest BCUT2D eigenvalue weighted by molar-refractivity contribution is 6.47. The van der Waals surface area contributed by atoms with Crippen LogP contribution in [0.25, 0.3) is 0 Å². The monoisotopic (exact) mass is 352 g/mol. The van der Waals surface area contributed by atoms with Crippen LogP contribution < -0.4 is 14.9 Å². The summed E-state index contributed by atoms with van der Waals surface area (Å²) in [7, 11) is 1.97. The van der Waals surface area contributed by atoms with Crippen molar-refractivity contribution in [3.63, 3.8) is 0 Å². The molecule has 0 amide bonds. The van der Waals surface area contributed by atoms with E-state index >= 15 is 0 Å². The predicted octanol–water partition coefficient (Wildman–Crippen LogP) is 1.03. The second-order valence-corrected chi connectivity index (χ2v) is 7.22. The highest BCUT2D eigenvalue weighted by atomic mass is 16.6. The maximum absolute atomic E-state index is 10.2. The van der Waals surface area contributed by atoms with Crippen LogP contribution in [0.2, 0.25) is 0 Å². The zero-order valence-electron chi connectivity index (χ0n) is 15.8. The van der Waals surface area contributed by atoms with Crippen LogP contribution in [0.4, 0.5) is 0 Å². The molecule has 1 heterocycles. The lowest BCUT2D eigenvalue weighted by Gasteiger charge is -2.37. The molecule has 1 N–H and O–H groups in total. The van der Waals surface area contributed by atoms with Gasteiger partial charge in [0.1, 0.15) is 12.7 Å². The van der Waals surface area contributed by atoms with Crippen LogP contribution in [0.15, 0.2) is 18.2 Å². The summed E-state index contributed by atoms with van der Waals surface area (Å²) >= 11 is 0. The summed E-state index contributed by atoms with van der Waals surface area (Å²) < 4.78 is 28.1. The van der Waals surface area contributed by atoms with Crippen LogP contribution in [0.3, 0.4) is 0 Å². The maximum atomic E-state index is 10.2. The Morgan fingerprint density at radius 2 is 1.96 bits per heavy atom. The van der Waals surface area contributed by atoms with Gasteiger partial charge < -0.3 is 28.7 Å². The molecule has 0 radical (unpaired) electrons. The third-order valence-electron chi connectivity index (χ3n) is 4.61. The van der Waals surface area contributed by atoms with Gasteiger partial charge in [0.15, 0.2) is 11.5 Å². The quantitative estimate of drug-likeness (QED) is 0.705. The molecule has 1 atom stereocenters. The number of methoxy groups -OCH3 is 1. The number of hydrogen-bond donors (Lipinski definition) is 1. The van der Waals surface area contributed by atoms with Crippen molar-refractivity contribution in [2.75, 3.05) is 33.5 Å². The molecule has 7 heteroatoms. The van der Waals surface area contributed by atoms with Crippen molar-refractivity contribution in [2.45, 2.75) is 45.0 Å². The van der Waals surface area contributed by atoms with Gasteiger partial charge in [0.2, 0.25) is 0 Å². The number of aliphatic hydroxyl groups is 1. The fraction of sp³-hybridized carbons (Fsp3) is 0.667. The summed E-state index contributed by atoms with van der Waals surface area (Å²) in [5, 5.41) is 10.2. The molecule has 0 aliphatic carbocycles. The molecule has 1 aliphatic heterocycles. The average Bonchev–Trinajstić information content (AvgIpc) is 2.58. The molecule has 0 unspecified atom stereocenters. The van der Waals surface area contributed by atoms with Crippen molar-refractivity contribution >= 4 is 12.9 Å². The molecule has 0 spiro atoms. The molecule has 1 aromatic rings. The summed E-state index contributed by atoms with van der Waals surface area (Å²) in [5.41, 5.74) is -0.672. The summed E-state index contributed by atoms with van der Waals surface area (Å²) in [6.07, 6.45) is -0.0611. The lowest BCUT2D eigenvalue weighted by atomic mass is 9.82. The van der Waals surface area contributed by atoms with Crippen LogP contribution >= 0.6 is 0 Å². The third kappa shape index (κ3) is 5.61. The van der Waals surface area contributed by atoms with E-state index in [4.69, 9.17) is 23.6 Å². The van der Waals surface area contributed by atoms with E-state index in [9.17, 15) is 5.11 Å². The van der Waals surface area contributed by atoms with Gasteiger partial charge in [0.05, 0.1) is 38.1 Å². The predicted molar refractivity (Wildman–Crippen MR) is 97.3 cm³/mol. The number of rotatable bonds is 8. The van der Waals surface area contributed by atoms with E-state index in [1.54, 1.807) is 21.0 Å². The maximum Gasteiger partial charge on any atom is 0.309 e. The van der Waals surface area contributed by atoms with E-state index in [0.717, 1.165) is 5.46 Å². The Balaban J connectivity index is 1.96. The van der Waals surface area contributed by atoms with E-state index in [1.807, 2.05) is 32.0 Å². The zero-order chi connectivity index (χ0) is 18.5. The first-order valence-corrected chi connectivity index (χ1v) is 8.58. The smallest absolute Gasteiger partial charge is 0.309 e. The fourth-order valence-electron chi connectivity index (χ4n) is 2.18. The first-order chi connectivity index (χ1) is 11.7. The number of ether oxygens (including phenoxy) is 4. The van der Waals surface area contributed by atoms with Crippen LogP contribution in [0.1, 0.15) is 27.7 Å². The summed E-state index contributed by atoms with van der Waals surface area (Å²) in [5.74, 6) is 1.29. The molecule has 1 aliphatic rings. The minimum absolute atomic E-state index is 0.0611. The van der Waals surface area contributed by atoms with Crippen molar-refractivity contribution in [1.29, 1.82) is 0 Å². The summed E-state index contributed by atoms with van der Waals surface area (Å²) in [6.45, 7) is 9.40. The number of hydrogen-bond acceptors (Lipinski definition) is 6. The van der Waals surface area contributed by atoms with Gasteiger partial charge in [-0.1, -0.05) is 6.07 Å². The molecule has 0 bridgehead atoms. The van der Waals surface area contributed by atoms with Crippen LogP contribution in [0, 0.1) is 0 Å². The first kappa shape index (κ1) is 20.0. The van der Waals surface area contributed by atoms with Crippen molar-refractivity contribution in [3.8, 4) is 11.5 Å². The summed E-state index contributed by atoms with van der Waals surface area (Å²) in [4.78, 5) is 0. The lowest BCUT2D eigenvalue weighted by Crippen LogP contribution is -2.49. The average molecular weight is 352 g/mol. The van der Waals surface area contributed by atoms with Crippen molar-refractivity contribution in [2.24, 2.45) is 0 Å².